The highest BCUT2D eigenvalue weighted by Crippen LogP contribution is 2.37. The number of hydrogen-bond acceptors (Lipinski definition) is 7. The van der Waals surface area contributed by atoms with Gasteiger partial charge < -0.3 is 20.1 Å². The molecule has 11 nitrogen and oxygen atoms in total. The highest BCUT2D eigenvalue weighted by molar-refractivity contribution is 7.89. The number of carbonyl (C=O) groups excluding carboxylic acids is 1. The Morgan fingerprint density at radius 2 is 1.70 bits per heavy atom. The molecule has 1 aliphatic carbocycles. The van der Waals surface area contributed by atoms with E-state index in [1.54, 1.807) is 37.3 Å². The molecule has 0 radical (unpaired) electrons. The molecular weight excluding hydrogens is 534 g/mol. The van der Waals surface area contributed by atoms with Crippen molar-refractivity contribution in [2.75, 3.05) is 38.5 Å². The van der Waals surface area contributed by atoms with E-state index >= 15 is 0 Å². The third kappa shape index (κ3) is 5.60. The summed E-state index contributed by atoms with van der Waals surface area (Å²) in [4.78, 5) is 26.7. The van der Waals surface area contributed by atoms with Gasteiger partial charge in [0.25, 0.3) is 0 Å². The highest BCUT2D eigenvalue weighted by atomic mass is 32.2. The van der Waals surface area contributed by atoms with Gasteiger partial charge in [-0.1, -0.05) is 31.0 Å². The van der Waals surface area contributed by atoms with E-state index in [9.17, 15) is 23.1 Å². The number of para-hydroxylation sites is 1. The molecule has 1 saturated carbocycles. The molecule has 2 heterocycles. The monoisotopic (exact) mass is 567 g/mol. The maximum absolute atomic E-state index is 14.0. The Morgan fingerprint density at radius 1 is 1.02 bits per heavy atom. The summed E-state index contributed by atoms with van der Waals surface area (Å²) in [6.45, 7) is 3.34. The van der Waals surface area contributed by atoms with Crippen LogP contribution >= 0.6 is 0 Å². The minimum atomic E-state index is -4.03. The first-order valence-corrected chi connectivity index (χ1v) is 14.8. The molecule has 1 aliphatic heterocycles. The molecule has 1 amide bonds. The van der Waals surface area contributed by atoms with Crippen molar-refractivity contribution in [1.29, 1.82) is 0 Å². The molecule has 2 aromatic carbocycles. The van der Waals surface area contributed by atoms with Crippen molar-refractivity contribution < 1.29 is 27.9 Å². The molecule has 1 saturated heterocycles. The summed E-state index contributed by atoms with van der Waals surface area (Å²) < 4.78 is 36.9. The number of nitrogens with zero attached hydrogens (tertiary/aromatic N) is 4. The Balaban J connectivity index is 1.57. The summed E-state index contributed by atoms with van der Waals surface area (Å²) in [5.74, 6) is -1.35. The number of sulfonamides is 1. The minimum Gasteiger partial charge on any atom is -0.476 e. The zero-order chi connectivity index (χ0) is 28.4. The molecule has 2 fully saturated rings. The number of ether oxygens (including phenoxy) is 1. The third-order valence-electron chi connectivity index (χ3n) is 7.50. The molecule has 0 spiro atoms. The summed E-state index contributed by atoms with van der Waals surface area (Å²) in [5.41, 5.74) is 0.953. The molecule has 5 rings (SSSR count). The Bertz CT molecular complexity index is 1510. The Hall–Kier alpha value is -3.74. The molecule has 2 N–H and O–H groups in total. The van der Waals surface area contributed by atoms with Gasteiger partial charge in [-0.2, -0.15) is 14.1 Å². The molecular formula is C28H33N5O6S. The lowest BCUT2D eigenvalue weighted by atomic mass is 10.1. The molecule has 0 atom stereocenters. The number of aromatic nitrogens is 2. The van der Waals surface area contributed by atoms with E-state index in [0.717, 1.165) is 25.7 Å². The van der Waals surface area contributed by atoms with Gasteiger partial charge in [0, 0.05) is 43.3 Å². The van der Waals surface area contributed by atoms with Crippen LogP contribution in [-0.4, -0.2) is 77.6 Å². The Morgan fingerprint density at radius 3 is 2.35 bits per heavy atom. The molecule has 212 valence electrons. The summed E-state index contributed by atoms with van der Waals surface area (Å²) in [6.07, 6.45) is 3.63. The molecule has 0 bridgehead atoms. The fourth-order valence-corrected chi connectivity index (χ4v) is 6.69. The summed E-state index contributed by atoms with van der Waals surface area (Å²) in [6, 6.07) is 13.4. The summed E-state index contributed by atoms with van der Waals surface area (Å²) >= 11 is 0. The van der Waals surface area contributed by atoms with Crippen molar-refractivity contribution in [2.24, 2.45) is 5.92 Å². The largest absolute Gasteiger partial charge is 0.476 e. The van der Waals surface area contributed by atoms with Crippen molar-refractivity contribution in [2.45, 2.75) is 37.5 Å². The van der Waals surface area contributed by atoms with Crippen LogP contribution in [0.5, 0.6) is 11.6 Å². The van der Waals surface area contributed by atoms with Gasteiger partial charge in [-0.05, 0) is 57.1 Å². The maximum atomic E-state index is 14.0. The first-order chi connectivity index (χ1) is 19.1. The van der Waals surface area contributed by atoms with Crippen molar-refractivity contribution >= 4 is 27.6 Å². The SMILES string of the molecule is Cc1c(C(=O)O)nn(-c2ccccc2)c1Oc1ccc(NC(=O)C2CCCC2)cc1S(=O)(=O)N1CCN(C)CC1. The van der Waals surface area contributed by atoms with Crippen molar-refractivity contribution in [3.05, 3.63) is 59.8 Å². The molecule has 12 heteroatoms. The topological polar surface area (TPSA) is 134 Å². The van der Waals surface area contributed by atoms with E-state index in [1.807, 2.05) is 13.1 Å². The van der Waals surface area contributed by atoms with Crippen molar-refractivity contribution in [3.63, 3.8) is 0 Å². The average Bonchev–Trinajstić information content (AvgIpc) is 3.59. The van der Waals surface area contributed by atoms with Crippen LogP contribution in [-0.2, 0) is 14.8 Å². The van der Waals surface area contributed by atoms with Gasteiger partial charge in [-0.3, -0.25) is 4.79 Å². The fourth-order valence-electron chi connectivity index (χ4n) is 5.12. The molecule has 40 heavy (non-hydrogen) atoms. The number of carboxylic acids is 1. The van der Waals surface area contributed by atoms with Crippen molar-refractivity contribution in [1.82, 2.24) is 19.0 Å². The van der Waals surface area contributed by atoms with E-state index in [0.29, 0.717) is 37.6 Å². The minimum absolute atomic E-state index is 0.00918. The number of amides is 1. The predicted octanol–water partition coefficient (Wildman–Crippen LogP) is 3.74. The van der Waals surface area contributed by atoms with E-state index < -0.39 is 16.0 Å². The summed E-state index contributed by atoms with van der Waals surface area (Å²) in [5, 5.41) is 16.8. The zero-order valence-corrected chi connectivity index (χ0v) is 23.4. The zero-order valence-electron chi connectivity index (χ0n) is 22.5. The average molecular weight is 568 g/mol. The number of nitrogens with one attached hydrogen (secondary N) is 1. The molecule has 3 aromatic rings. The second kappa shape index (κ2) is 11.4. The van der Waals surface area contributed by atoms with Gasteiger partial charge in [0.15, 0.2) is 5.69 Å². The van der Waals surface area contributed by atoms with Crippen LogP contribution < -0.4 is 10.1 Å². The molecule has 2 aliphatic rings. The second-order valence-corrected chi connectivity index (χ2v) is 12.2. The van der Waals surface area contributed by atoms with E-state index in [1.165, 1.54) is 21.1 Å². The lowest BCUT2D eigenvalue weighted by molar-refractivity contribution is -0.119. The maximum Gasteiger partial charge on any atom is 0.356 e. The van der Waals surface area contributed by atoms with Crippen LogP contribution in [0.1, 0.15) is 41.7 Å². The fraction of sp³-hybridized carbons (Fsp3) is 0.393. The summed E-state index contributed by atoms with van der Waals surface area (Å²) in [7, 11) is -2.09. The number of carbonyl (C=O) groups is 2. The van der Waals surface area contributed by atoms with Crippen LogP contribution in [0.15, 0.2) is 53.4 Å². The van der Waals surface area contributed by atoms with Crippen LogP contribution in [0, 0.1) is 12.8 Å². The lowest BCUT2D eigenvalue weighted by Crippen LogP contribution is -2.47. The van der Waals surface area contributed by atoms with Crippen LogP contribution in [0.3, 0.4) is 0 Å². The quantitative estimate of drug-likeness (QED) is 0.421. The van der Waals surface area contributed by atoms with Gasteiger partial charge in [0.05, 0.1) is 5.69 Å². The second-order valence-electron chi connectivity index (χ2n) is 10.3. The number of anilines is 1. The van der Waals surface area contributed by atoms with Crippen LogP contribution in [0.25, 0.3) is 5.69 Å². The normalized spacial score (nSPS) is 17.1. The first kappa shape index (κ1) is 27.8. The van der Waals surface area contributed by atoms with Gasteiger partial charge in [0.2, 0.25) is 21.8 Å². The number of rotatable bonds is 8. The number of benzene rings is 2. The number of carboxylic acid groups (broad SMARTS) is 1. The lowest BCUT2D eigenvalue weighted by Gasteiger charge is -2.32. The Kier molecular flexibility index (Phi) is 7.92. The molecule has 1 aromatic heterocycles. The number of hydrogen-bond donors (Lipinski definition) is 2. The van der Waals surface area contributed by atoms with Gasteiger partial charge >= 0.3 is 5.97 Å². The predicted molar refractivity (Wildman–Crippen MR) is 149 cm³/mol. The van der Waals surface area contributed by atoms with E-state index in [-0.39, 0.29) is 39.6 Å². The van der Waals surface area contributed by atoms with Crippen molar-refractivity contribution in [3.8, 4) is 17.3 Å². The van der Waals surface area contributed by atoms with E-state index in [4.69, 9.17) is 4.74 Å². The third-order valence-corrected chi connectivity index (χ3v) is 9.42. The number of piperazine rings is 1. The number of aromatic carboxylic acids is 1. The van der Waals surface area contributed by atoms with Gasteiger partial charge in [-0.15, -0.1) is 0 Å². The smallest absolute Gasteiger partial charge is 0.356 e. The standard InChI is InChI=1S/C28H33N5O6S/c1-19-25(28(35)36)30-33(22-10-4-3-5-11-22)27(19)39-23-13-12-21(29-26(34)20-8-6-7-9-20)18-24(23)40(37,38)32-16-14-31(2)15-17-32/h3-5,10-13,18,20H,6-9,14-17H2,1-2H3,(H,29,34)(H,35,36). The van der Waals surface area contributed by atoms with Gasteiger partial charge in [0.1, 0.15) is 10.6 Å². The van der Waals surface area contributed by atoms with Crippen LogP contribution in [0.4, 0.5) is 5.69 Å². The van der Waals surface area contributed by atoms with Crippen LogP contribution in [0.2, 0.25) is 0 Å². The number of likely N-dealkylation sites (N-methyl/N-ethyl adjacent to an activating group) is 1. The van der Waals surface area contributed by atoms with Gasteiger partial charge in [-0.25, -0.2) is 13.2 Å². The first-order valence-electron chi connectivity index (χ1n) is 13.3. The Labute approximate surface area is 233 Å². The highest BCUT2D eigenvalue weighted by Gasteiger charge is 2.32. The molecule has 0 unspecified atom stereocenters. The van der Waals surface area contributed by atoms with E-state index in [2.05, 4.69) is 15.3 Å².